The molecule has 9 heteroatoms. The maximum atomic E-state index is 12.9. The zero-order valence-electron chi connectivity index (χ0n) is 51.4. The monoisotopic (exact) mass is 1080 g/mol. The number of allylic oxidation sites excluding steroid dienone is 8. The average Bonchev–Trinajstić information content (AvgIpc) is 3.40. The van der Waals surface area contributed by atoms with Crippen molar-refractivity contribution in [3.05, 3.63) is 48.6 Å². The molecule has 0 amide bonds. The standard InChI is InChI=1S/C68H125NO8/c1-6-8-10-12-14-16-18-19-20-21-22-23-24-25-26-27-28-29-30-31-32-33-34-35-36-37-38-39-40-41-42-43-44-45-46-47-49-51-53-55-57-59-66(71)77-64(63-76-68(67(72)73)74-61-60-69(3,4)5)62-75-65(70)58-56-54-52-50-48-17-15-13-11-9-7-2/h13,15,18-19,21-22,24-25,64,68H,6-12,14,16-17,20,23,26-63H2,1-5H3/p+1/b15-13-,19-18-,22-21-,25-24-. The Morgan fingerprint density at radius 2 is 0.714 bits per heavy atom. The number of carboxylic acid groups (broad SMARTS) is 1. The van der Waals surface area contributed by atoms with E-state index < -0.39 is 24.3 Å². The lowest BCUT2D eigenvalue weighted by molar-refractivity contribution is -0.870. The van der Waals surface area contributed by atoms with Crippen LogP contribution in [0.2, 0.25) is 0 Å². The van der Waals surface area contributed by atoms with Crippen molar-refractivity contribution >= 4 is 17.9 Å². The van der Waals surface area contributed by atoms with Crippen molar-refractivity contribution < 1.29 is 42.9 Å². The summed E-state index contributed by atoms with van der Waals surface area (Å²) in [6.07, 6.45) is 72.5. The molecule has 0 aliphatic carbocycles. The third-order valence-corrected chi connectivity index (χ3v) is 14.6. The fraction of sp³-hybridized carbons (Fsp3) is 0.838. The van der Waals surface area contributed by atoms with Crippen LogP contribution in [-0.2, 0) is 33.3 Å². The molecule has 450 valence electrons. The van der Waals surface area contributed by atoms with Crippen LogP contribution in [0, 0.1) is 0 Å². The van der Waals surface area contributed by atoms with E-state index in [2.05, 4.69) is 62.5 Å². The van der Waals surface area contributed by atoms with Gasteiger partial charge in [0, 0.05) is 12.8 Å². The Labute approximate surface area is 476 Å². The second-order valence-electron chi connectivity index (χ2n) is 23.4. The van der Waals surface area contributed by atoms with Crippen LogP contribution in [0.5, 0.6) is 0 Å². The van der Waals surface area contributed by atoms with E-state index in [1.165, 1.54) is 205 Å². The molecule has 2 atom stereocenters. The lowest BCUT2D eigenvalue weighted by Gasteiger charge is -2.25. The molecule has 0 aliphatic rings. The molecule has 0 bridgehead atoms. The molecule has 0 rings (SSSR count). The summed E-state index contributed by atoms with van der Waals surface area (Å²) in [5.74, 6) is -2.00. The van der Waals surface area contributed by atoms with Gasteiger partial charge in [-0.25, -0.2) is 4.79 Å². The number of ether oxygens (including phenoxy) is 4. The summed E-state index contributed by atoms with van der Waals surface area (Å²) >= 11 is 0. The Balaban J connectivity index is 3.87. The molecular weight excluding hydrogens is 959 g/mol. The van der Waals surface area contributed by atoms with Gasteiger partial charge < -0.3 is 28.5 Å². The lowest BCUT2D eigenvalue weighted by Crippen LogP contribution is -2.40. The first-order valence-corrected chi connectivity index (χ1v) is 32.8. The summed E-state index contributed by atoms with van der Waals surface area (Å²) in [6.45, 7) is 4.84. The minimum atomic E-state index is -1.51. The van der Waals surface area contributed by atoms with Crippen molar-refractivity contribution in [2.24, 2.45) is 0 Å². The molecule has 0 aromatic heterocycles. The van der Waals surface area contributed by atoms with Gasteiger partial charge in [-0.3, -0.25) is 9.59 Å². The van der Waals surface area contributed by atoms with E-state index in [-0.39, 0.29) is 32.2 Å². The maximum Gasteiger partial charge on any atom is 0.361 e. The molecule has 0 aliphatic heterocycles. The molecule has 0 fully saturated rings. The highest BCUT2D eigenvalue weighted by Gasteiger charge is 2.25. The van der Waals surface area contributed by atoms with E-state index >= 15 is 0 Å². The van der Waals surface area contributed by atoms with Gasteiger partial charge in [-0.1, -0.05) is 274 Å². The van der Waals surface area contributed by atoms with Crippen molar-refractivity contribution in [3.63, 3.8) is 0 Å². The molecule has 9 nitrogen and oxygen atoms in total. The molecule has 0 spiro atoms. The highest BCUT2D eigenvalue weighted by Crippen LogP contribution is 2.18. The number of carbonyl (C=O) groups excluding carboxylic acids is 2. The topological polar surface area (TPSA) is 108 Å². The van der Waals surface area contributed by atoms with Crippen molar-refractivity contribution in [3.8, 4) is 0 Å². The number of nitrogens with zero attached hydrogens (tertiary/aromatic N) is 1. The predicted octanol–water partition coefficient (Wildman–Crippen LogP) is 19.8. The summed E-state index contributed by atoms with van der Waals surface area (Å²) in [4.78, 5) is 37.3. The van der Waals surface area contributed by atoms with Crippen LogP contribution < -0.4 is 0 Å². The van der Waals surface area contributed by atoms with Crippen LogP contribution in [-0.4, -0.2) is 87.4 Å². The summed E-state index contributed by atoms with van der Waals surface area (Å²) in [5, 5.41) is 9.69. The molecule has 2 unspecified atom stereocenters. The number of esters is 2. The normalized spacial score (nSPS) is 13.0. The number of quaternary nitrogens is 1. The maximum absolute atomic E-state index is 12.9. The van der Waals surface area contributed by atoms with Crippen LogP contribution >= 0.6 is 0 Å². The predicted molar refractivity (Wildman–Crippen MR) is 327 cm³/mol. The highest BCUT2D eigenvalue weighted by atomic mass is 16.7. The highest BCUT2D eigenvalue weighted by molar-refractivity contribution is 5.71. The first kappa shape index (κ1) is 74.2. The number of likely N-dealkylation sites (N-methyl/N-ethyl adjacent to an activating group) is 1. The van der Waals surface area contributed by atoms with Gasteiger partial charge in [-0.05, 0) is 70.6 Å². The number of aliphatic carboxylic acids is 1. The van der Waals surface area contributed by atoms with Gasteiger partial charge >= 0.3 is 17.9 Å². The quantitative estimate of drug-likeness (QED) is 0.0211. The van der Waals surface area contributed by atoms with Crippen LogP contribution in [0.25, 0.3) is 0 Å². The smallest absolute Gasteiger partial charge is 0.361 e. The lowest BCUT2D eigenvalue weighted by atomic mass is 10.0. The Morgan fingerprint density at radius 1 is 0.390 bits per heavy atom. The van der Waals surface area contributed by atoms with Gasteiger partial charge in [-0.15, -0.1) is 0 Å². The first-order chi connectivity index (χ1) is 37.6. The van der Waals surface area contributed by atoms with Gasteiger partial charge in [0.15, 0.2) is 6.10 Å². The van der Waals surface area contributed by atoms with Crippen molar-refractivity contribution in [1.29, 1.82) is 0 Å². The number of unbranched alkanes of at least 4 members (excludes halogenated alkanes) is 38. The minimum absolute atomic E-state index is 0.183. The number of hydrogen-bond donors (Lipinski definition) is 1. The SMILES string of the molecule is CCCC/C=C\CCCCCCCC(=O)OCC(COC(OCC[N+](C)(C)C)C(=O)O)OC(=O)CCCCCCCCCCCCCCCCCCCCCCCCCCCC/C=C\C/C=C\C/C=C\CCCCCCC. The fourth-order valence-electron chi connectivity index (χ4n) is 9.48. The fourth-order valence-corrected chi connectivity index (χ4v) is 9.48. The number of hydrogen-bond acceptors (Lipinski definition) is 7. The van der Waals surface area contributed by atoms with E-state index in [9.17, 15) is 19.5 Å². The van der Waals surface area contributed by atoms with E-state index in [4.69, 9.17) is 18.9 Å². The molecule has 0 heterocycles. The van der Waals surface area contributed by atoms with Gasteiger partial charge in [0.1, 0.15) is 13.2 Å². The minimum Gasteiger partial charge on any atom is -0.477 e. The van der Waals surface area contributed by atoms with Crippen molar-refractivity contribution in [2.75, 3.05) is 47.5 Å². The van der Waals surface area contributed by atoms with Crippen molar-refractivity contribution in [2.45, 2.75) is 322 Å². The Bertz CT molecular complexity index is 1400. The summed E-state index contributed by atoms with van der Waals surface area (Å²) in [7, 11) is 5.97. The number of rotatable bonds is 61. The second-order valence-corrected chi connectivity index (χ2v) is 23.4. The van der Waals surface area contributed by atoms with Crippen LogP contribution in [0.3, 0.4) is 0 Å². The molecule has 0 aromatic rings. The summed E-state index contributed by atoms with van der Waals surface area (Å²) < 4.78 is 22.8. The van der Waals surface area contributed by atoms with E-state index in [1.54, 1.807) is 0 Å². The number of carboxylic acids is 1. The van der Waals surface area contributed by atoms with Crippen LogP contribution in [0.1, 0.15) is 309 Å². The Morgan fingerprint density at radius 3 is 1.09 bits per heavy atom. The van der Waals surface area contributed by atoms with Crippen molar-refractivity contribution in [1.82, 2.24) is 0 Å². The van der Waals surface area contributed by atoms with E-state index in [0.29, 0.717) is 17.4 Å². The first-order valence-electron chi connectivity index (χ1n) is 32.8. The molecule has 0 radical (unpaired) electrons. The second kappa shape index (κ2) is 59.4. The van der Waals surface area contributed by atoms with Crippen LogP contribution in [0.15, 0.2) is 48.6 Å². The average molecular weight is 1090 g/mol. The Kier molecular flexibility index (Phi) is 57.3. The largest absolute Gasteiger partial charge is 0.477 e. The zero-order valence-corrected chi connectivity index (χ0v) is 51.4. The molecule has 0 aromatic carbocycles. The number of carbonyl (C=O) groups is 3. The summed E-state index contributed by atoms with van der Waals surface area (Å²) in [6, 6.07) is 0. The molecule has 0 saturated heterocycles. The molecule has 0 saturated carbocycles. The third kappa shape index (κ3) is 60.7. The molecule has 77 heavy (non-hydrogen) atoms. The van der Waals surface area contributed by atoms with E-state index in [0.717, 1.165) is 77.0 Å². The Hall–Kier alpha value is -2.75. The zero-order chi connectivity index (χ0) is 56.2. The van der Waals surface area contributed by atoms with E-state index in [1.807, 2.05) is 21.1 Å². The third-order valence-electron chi connectivity index (χ3n) is 14.6. The summed E-state index contributed by atoms with van der Waals surface area (Å²) in [5.41, 5.74) is 0. The van der Waals surface area contributed by atoms with Crippen LogP contribution in [0.4, 0.5) is 0 Å². The van der Waals surface area contributed by atoms with Gasteiger partial charge in [0.05, 0.1) is 34.4 Å². The molecule has 1 N–H and O–H groups in total. The van der Waals surface area contributed by atoms with Gasteiger partial charge in [0.25, 0.3) is 6.29 Å². The van der Waals surface area contributed by atoms with Gasteiger partial charge in [0.2, 0.25) is 0 Å². The van der Waals surface area contributed by atoms with Gasteiger partial charge in [-0.2, -0.15) is 0 Å². The molecular formula is C68H126NO8+.